The van der Waals surface area contributed by atoms with Crippen LogP contribution in [0.1, 0.15) is 0 Å². The molecule has 0 atom stereocenters. The monoisotopic (exact) mass is 159 g/mol. The second kappa shape index (κ2) is 10.3. The van der Waals surface area contributed by atoms with Crippen molar-refractivity contribution in [3.8, 4) is 0 Å². The summed E-state index contributed by atoms with van der Waals surface area (Å²) in [4.78, 5) is 0. The van der Waals surface area contributed by atoms with E-state index in [2.05, 4.69) is 11.2 Å². The lowest BCUT2D eigenvalue weighted by molar-refractivity contribution is 0.186. The maximum atomic E-state index is 8.93. The fraction of sp³-hybridized carbons (Fsp3) is 1.00. The van der Waals surface area contributed by atoms with Crippen LogP contribution in [0.15, 0.2) is 0 Å². The van der Waals surface area contributed by atoms with Crippen molar-refractivity contribution >= 4 is 20.8 Å². The molecule has 0 aliphatic heterocycles. The van der Waals surface area contributed by atoms with E-state index < -0.39 is 9.64 Å². The number of hydrogen-bond acceptors (Lipinski definition) is 5. The maximum Gasteiger partial charge on any atom is 0.0662 e. The van der Waals surface area contributed by atoms with Crippen molar-refractivity contribution in [1.29, 1.82) is 0 Å². The number of rotatable bonds is 1. The van der Waals surface area contributed by atoms with Gasteiger partial charge in [-0.1, -0.05) is 9.64 Å². The first-order valence-electron chi connectivity index (χ1n) is 1.65. The van der Waals surface area contributed by atoms with E-state index in [1.165, 1.54) is 0 Å². The van der Waals surface area contributed by atoms with Crippen molar-refractivity contribution in [2.75, 3.05) is 13.2 Å². The summed E-state index contributed by atoms with van der Waals surface area (Å²) >= 11 is 3.65. The van der Waals surface area contributed by atoms with Gasteiger partial charge in [0.05, 0.1) is 13.2 Å². The zero-order valence-electron chi connectivity index (χ0n) is 3.98. The van der Waals surface area contributed by atoms with E-state index >= 15 is 0 Å². The third-order valence-electron chi connectivity index (χ3n) is 0.1000. The van der Waals surface area contributed by atoms with Crippen LogP contribution in [0.4, 0.5) is 0 Å². The lowest BCUT2D eigenvalue weighted by Crippen LogP contribution is -1.85. The van der Waals surface area contributed by atoms with E-state index in [1.807, 2.05) is 0 Å². The topological polar surface area (TPSA) is 77.8 Å². The molecule has 52 valence electrons. The summed E-state index contributed by atoms with van der Waals surface area (Å²) in [5.41, 5.74) is 0. The van der Waals surface area contributed by atoms with Crippen molar-refractivity contribution in [3.63, 3.8) is 0 Å². The summed E-state index contributed by atoms with van der Waals surface area (Å²) in [7, 11) is -2.03. The van der Waals surface area contributed by atoms with E-state index in [4.69, 9.17) is 19.0 Å². The maximum absolute atomic E-state index is 8.93. The highest BCUT2D eigenvalue weighted by Crippen LogP contribution is 1.39. The van der Waals surface area contributed by atoms with Crippen LogP contribution in [0.2, 0.25) is 0 Å². The number of aliphatic hydroxyl groups is 2. The minimum atomic E-state index is -2.03. The lowest BCUT2D eigenvalue weighted by Gasteiger charge is -1.70. The van der Waals surface area contributed by atoms with E-state index in [9.17, 15) is 0 Å². The molecule has 0 heterocycles. The van der Waals surface area contributed by atoms with Crippen LogP contribution in [-0.2, 0) is 25.0 Å². The van der Waals surface area contributed by atoms with Gasteiger partial charge in [0.25, 0.3) is 0 Å². The first kappa shape index (κ1) is 11.1. The van der Waals surface area contributed by atoms with Gasteiger partial charge in [-0.05, 0) is 0 Å². The summed E-state index contributed by atoms with van der Waals surface area (Å²) in [6.07, 6.45) is 0. The summed E-state index contributed by atoms with van der Waals surface area (Å²) in [6.45, 7) is -0.250. The van der Waals surface area contributed by atoms with Crippen molar-refractivity contribution in [2.45, 2.75) is 0 Å². The Hall–Kier alpha value is 0.250. The van der Waals surface area contributed by atoms with Crippen molar-refractivity contribution in [2.24, 2.45) is 0 Å². The molecular formula is C2H7O4S2-. The molecule has 0 rings (SSSR count). The number of hydrogen-bond donors (Lipinski definition) is 3. The van der Waals surface area contributed by atoms with Gasteiger partial charge >= 0.3 is 0 Å². The van der Waals surface area contributed by atoms with Gasteiger partial charge < -0.3 is 19.0 Å². The van der Waals surface area contributed by atoms with Crippen molar-refractivity contribution in [3.05, 3.63) is 0 Å². The standard InChI is InChI=1S/C2H6O2.HO2S2/c3-1-2-4;1-4(2)3/h3-4H,1-2H2;(H,1,2,3)/q;-1. The van der Waals surface area contributed by atoms with Gasteiger partial charge in [-0.2, -0.15) is 0 Å². The van der Waals surface area contributed by atoms with Gasteiger partial charge in [-0.15, -0.1) is 0 Å². The molecule has 3 N–H and O–H groups in total. The minimum absolute atomic E-state index is 0.125. The summed E-state index contributed by atoms with van der Waals surface area (Å²) in [5, 5.41) is 15.2. The van der Waals surface area contributed by atoms with Gasteiger partial charge in [-0.3, -0.25) is 0 Å². The van der Waals surface area contributed by atoms with Crippen molar-refractivity contribution in [1.82, 2.24) is 0 Å². The van der Waals surface area contributed by atoms with Gasteiger partial charge in [0, 0.05) is 0 Å². The molecule has 0 aromatic carbocycles. The Kier molecular flexibility index (Phi) is 14.3. The Balaban J connectivity index is 0. The summed E-state index contributed by atoms with van der Waals surface area (Å²) < 4.78 is 16.3. The third-order valence-corrected chi connectivity index (χ3v) is 0.1000. The minimum Gasteiger partial charge on any atom is -0.459 e. The van der Waals surface area contributed by atoms with Crippen molar-refractivity contribution < 1.29 is 19.0 Å². The van der Waals surface area contributed by atoms with Crippen LogP contribution >= 0.6 is 0 Å². The summed E-state index contributed by atoms with van der Waals surface area (Å²) in [5.74, 6) is 0. The molecule has 0 bridgehead atoms. The van der Waals surface area contributed by atoms with Crippen LogP contribution in [0.25, 0.3) is 0 Å². The quantitative estimate of drug-likeness (QED) is 0.333. The molecule has 0 fully saturated rings. The van der Waals surface area contributed by atoms with Crippen LogP contribution in [0.5, 0.6) is 0 Å². The molecule has 0 unspecified atom stereocenters. The van der Waals surface area contributed by atoms with Gasteiger partial charge in [0.1, 0.15) is 0 Å². The molecular weight excluding hydrogens is 152 g/mol. The first-order chi connectivity index (χ1) is 3.65. The Morgan fingerprint density at radius 1 is 1.38 bits per heavy atom. The zero-order valence-corrected chi connectivity index (χ0v) is 5.61. The van der Waals surface area contributed by atoms with Crippen LogP contribution in [-0.4, -0.2) is 28.0 Å². The van der Waals surface area contributed by atoms with E-state index in [1.54, 1.807) is 0 Å². The van der Waals surface area contributed by atoms with Crippen LogP contribution < -0.4 is 0 Å². The Bertz CT molecular complexity index is 78.0. The molecule has 0 aliphatic carbocycles. The lowest BCUT2D eigenvalue weighted by atomic mass is 10.8. The third kappa shape index (κ3) is 110. The Morgan fingerprint density at radius 2 is 1.50 bits per heavy atom. The molecule has 0 aromatic rings. The Morgan fingerprint density at radius 3 is 1.50 bits per heavy atom. The Labute approximate surface area is 53.7 Å². The van der Waals surface area contributed by atoms with Crippen LogP contribution in [0.3, 0.4) is 0 Å². The van der Waals surface area contributed by atoms with E-state index in [0.717, 1.165) is 0 Å². The fourth-order valence-corrected chi connectivity index (χ4v) is 0. The molecule has 0 aromatic heterocycles. The molecule has 0 saturated heterocycles. The first-order valence-corrected chi connectivity index (χ1v) is 3.68. The summed E-state index contributed by atoms with van der Waals surface area (Å²) in [6, 6.07) is 0. The average Bonchev–Trinajstić information content (AvgIpc) is 1.65. The predicted octanol–water partition coefficient (Wildman–Crippen LogP) is -1.14. The predicted molar refractivity (Wildman–Crippen MR) is 32.2 cm³/mol. The fourth-order valence-electron chi connectivity index (χ4n) is 0. The van der Waals surface area contributed by atoms with Gasteiger partial charge in [-0.25, -0.2) is 11.2 Å². The number of aliphatic hydroxyl groups excluding tert-OH is 2. The van der Waals surface area contributed by atoms with Crippen LogP contribution in [0, 0.1) is 0 Å². The highest BCUT2D eigenvalue weighted by Gasteiger charge is 1.58. The molecule has 0 aliphatic rings. The molecule has 0 radical (unpaired) electrons. The second-order valence-electron chi connectivity index (χ2n) is 0.664. The van der Waals surface area contributed by atoms with E-state index in [-0.39, 0.29) is 13.2 Å². The average molecular weight is 159 g/mol. The van der Waals surface area contributed by atoms with Gasteiger partial charge in [0.15, 0.2) is 0 Å². The normalized spacial score (nSPS) is 8.00. The molecule has 8 heavy (non-hydrogen) atoms. The van der Waals surface area contributed by atoms with Gasteiger partial charge in [0.2, 0.25) is 0 Å². The smallest absolute Gasteiger partial charge is 0.0662 e. The largest absolute Gasteiger partial charge is 0.459 e. The SMILES string of the molecule is O=[S-](O)=S.OCCO. The highest BCUT2D eigenvalue weighted by molar-refractivity contribution is 8.18. The molecule has 0 amide bonds. The highest BCUT2D eigenvalue weighted by atomic mass is 32.8. The molecule has 0 spiro atoms. The molecule has 6 heteroatoms. The zero-order chi connectivity index (χ0) is 6.99. The molecule has 4 nitrogen and oxygen atoms in total. The van der Waals surface area contributed by atoms with E-state index in [0.29, 0.717) is 0 Å². The molecule has 0 saturated carbocycles. The second-order valence-corrected chi connectivity index (χ2v) is 1.95.